The van der Waals surface area contributed by atoms with Gasteiger partial charge < -0.3 is 9.42 Å². The van der Waals surface area contributed by atoms with Crippen LogP contribution in [0.1, 0.15) is 29.5 Å². The fourth-order valence-corrected chi connectivity index (χ4v) is 3.99. The van der Waals surface area contributed by atoms with E-state index in [4.69, 9.17) is 4.52 Å². The van der Waals surface area contributed by atoms with Gasteiger partial charge in [-0.2, -0.15) is 11.3 Å². The van der Waals surface area contributed by atoms with Crippen molar-refractivity contribution in [2.45, 2.75) is 39.7 Å². The van der Waals surface area contributed by atoms with Crippen LogP contribution in [0.2, 0.25) is 0 Å². The molecule has 130 valence electrons. The van der Waals surface area contributed by atoms with Gasteiger partial charge in [-0.25, -0.2) is 0 Å². The van der Waals surface area contributed by atoms with Crippen LogP contribution >= 0.6 is 11.3 Å². The number of hydrogen-bond donors (Lipinski definition) is 0. The van der Waals surface area contributed by atoms with E-state index in [9.17, 15) is 4.79 Å². The number of hydrogen-bond acceptors (Lipinski definition) is 5. The van der Waals surface area contributed by atoms with E-state index in [1.165, 1.54) is 5.56 Å². The topological polar surface area (TPSA) is 49.6 Å². The normalized spacial score (nSPS) is 17.2. The second-order valence-electron chi connectivity index (χ2n) is 6.58. The van der Waals surface area contributed by atoms with Gasteiger partial charge in [-0.15, -0.1) is 0 Å². The maximum atomic E-state index is 12.5. The Labute approximate surface area is 147 Å². The van der Waals surface area contributed by atoms with E-state index in [1.807, 2.05) is 18.7 Å². The van der Waals surface area contributed by atoms with Gasteiger partial charge in [0.15, 0.2) is 0 Å². The minimum Gasteiger partial charge on any atom is -0.361 e. The van der Waals surface area contributed by atoms with Crippen molar-refractivity contribution < 1.29 is 9.32 Å². The van der Waals surface area contributed by atoms with Gasteiger partial charge in [-0.05, 0) is 49.6 Å². The van der Waals surface area contributed by atoms with Crippen LogP contribution in [0.25, 0.3) is 0 Å². The predicted octanol–water partition coefficient (Wildman–Crippen LogP) is 2.67. The predicted molar refractivity (Wildman–Crippen MR) is 95.3 cm³/mol. The minimum atomic E-state index is 0.175. The van der Waals surface area contributed by atoms with E-state index in [0.717, 1.165) is 49.6 Å². The van der Waals surface area contributed by atoms with Gasteiger partial charge in [0.2, 0.25) is 5.91 Å². The van der Waals surface area contributed by atoms with Gasteiger partial charge in [0.1, 0.15) is 5.76 Å². The van der Waals surface area contributed by atoms with Crippen LogP contribution in [0.4, 0.5) is 0 Å². The number of aryl methyl sites for hydroxylation is 2. The van der Waals surface area contributed by atoms with E-state index < -0.39 is 0 Å². The summed E-state index contributed by atoms with van der Waals surface area (Å²) < 4.78 is 5.15. The third-order valence-corrected chi connectivity index (χ3v) is 5.64. The molecule has 1 fully saturated rings. The fraction of sp³-hybridized carbons (Fsp3) is 0.556. The van der Waals surface area contributed by atoms with Gasteiger partial charge in [0, 0.05) is 37.8 Å². The highest BCUT2D eigenvalue weighted by molar-refractivity contribution is 7.07. The molecule has 5 nitrogen and oxygen atoms in total. The molecule has 0 bridgehead atoms. The van der Waals surface area contributed by atoms with E-state index in [1.54, 1.807) is 11.3 Å². The molecule has 1 aliphatic rings. The van der Waals surface area contributed by atoms with Crippen LogP contribution in [0.5, 0.6) is 0 Å². The first kappa shape index (κ1) is 17.2. The Hall–Kier alpha value is -1.66. The Balaban J connectivity index is 1.50. The van der Waals surface area contributed by atoms with E-state index >= 15 is 0 Å². The summed E-state index contributed by atoms with van der Waals surface area (Å²) in [4.78, 5) is 17.0. The molecule has 0 spiro atoms. The summed E-state index contributed by atoms with van der Waals surface area (Å²) in [6, 6.07) is 2.71. The summed E-state index contributed by atoms with van der Waals surface area (Å²) >= 11 is 1.75. The largest absolute Gasteiger partial charge is 0.361 e. The van der Waals surface area contributed by atoms with E-state index in [-0.39, 0.29) is 5.91 Å². The molecule has 3 rings (SSSR count). The zero-order valence-electron chi connectivity index (χ0n) is 14.6. The first-order valence-corrected chi connectivity index (χ1v) is 9.43. The fourth-order valence-electron chi connectivity index (χ4n) is 3.31. The Morgan fingerprint density at radius 1 is 1.33 bits per heavy atom. The molecule has 0 unspecified atom stereocenters. The zero-order chi connectivity index (χ0) is 17.1. The second kappa shape index (κ2) is 7.49. The Kier molecular flexibility index (Phi) is 5.36. The SMILES string of the molecule is Cc1noc(C)c1CC(=O)N1CCN([C@H](C)Cc2ccsc2)CC1. The molecule has 6 heteroatoms. The second-order valence-corrected chi connectivity index (χ2v) is 7.36. The molecule has 24 heavy (non-hydrogen) atoms. The Morgan fingerprint density at radius 3 is 2.67 bits per heavy atom. The third-order valence-electron chi connectivity index (χ3n) is 4.91. The number of nitrogens with zero attached hydrogens (tertiary/aromatic N) is 3. The zero-order valence-corrected chi connectivity index (χ0v) is 15.4. The van der Waals surface area contributed by atoms with Crippen molar-refractivity contribution in [1.82, 2.24) is 15.0 Å². The summed E-state index contributed by atoms with van der Waals surface area (Å²) in [5.74, 6) is 0.929. The summed E-state index contributed by atoms with van der Waals surface area (Å²) in [6.07, 6.45) is 1.47. The van der Waals surface area contributed by atoms with Crippen molar-refractivity contribution in [3.05, 3.63) is 39.4 Å². The molecule has 1 atom stereocenters. The molecule has 1 amide bonds. The van der Waals surface area contributed by atoms with Crippen LogP contribution < -0.4 is 0 Å². The molecule has 0 N–H and O–H groups in total. The number of amides is 1. The van der Waals surface area contributed by atoms with Crippen molar-refractivity contribution >= 4 is 17.2 Å². The molecule has 1 saturated heterocycles. The van der Waals surface area contributed by atoms with Crippen molar-refractivity contribution in [2.75, 3.05) is 26.2 Å². The highest BCUT2D eigenvalue weighted by Crippen LogP contribution is 2.17. The molecule has 3 heterocycles. The van der Waals surface area contributed by atoms with Crippen LogP contribution in [0, 0.1) is 13.8 Å². The van der Waals surface area contributed by atoms with Gasteiger partial charge in [-0.1, -0.05) is 5.16 Å². The molecule has 0 aliphatic carbocycles. The van der Waals surface area contributed by atoms with Crippen LogP contribution in [0.15, 0.2) is 21.3 Å². The van der Waals surface area contributed by atoms with E-state index in [0.29, 0.717) is 12.5 Å². The Morgan fingerprint density at radius 2 is 2.08 bits per heavy atom. The lowest BCUT2D eigenvalue weighted by Crippen LogP contribution is -2.52. The van der Waals surface area contributed by atoms with Crippen molar-refractivity contribution in [3.63, 3.8) is 0 Å². The van der Waals surface area contributed by atoms with Crippen molar-refractivity contribution in [1.29, 1.82) is 0 Å². The number of carbonyl (C=O) groups is 1. The molecule has 0 saturated carbocycles. The van der Waals surface area contributed by atoms with Crippen molar-refractivity contribution in [3.8, 4) is 0 Å². The summed E-state index contributed by atoms with van der Waals surface area (Å²) in [6.45, 7) is 9.53. The van der Waals surface area contributed by atoms with E-state index in [2.05, 4.69) is 33.8 Å². The highest BCUT2D eigenvalue weighted by Gasteiger charge is 2.25. The Bertz CT molecular complexity index is 653. The molecule has 2 aromatic heterocycles. The van der Waals surface area contributed by atoms with Crippen LogP contribution in [-0.4, -0.2) is 53.1 Å². The number of piperazine rings is 1. The maximum absolute atomic E-state index is 12.5. The van der Waals surface area contributed by atoms with Crippen LogP contribution in [0.3, 0.4) is 0 Å². The lowest BCUT2D eigenvalue weighted by molar-refractivity contribution is -0.132. The van der Waals surface area contributed by atoms with Gasteiger partial charge in [0.25, 0.3) is 0 Å². The van der Waals surface area contributed by atoms with Gasteiger partial charge in [0.05, 0.1) is 12.1 Å². The quantitative estimate of drug-likeness (QED) is 0.834. The number of aromatic nitrogens is 1. The molecular formula is C18H25N3O2S. The number of thiophene rings is 1. The summed E-state index contributed by atoms with van der Waals surface area (Å²) in [5, 5.41) is 8.29. The third kappa shape index (κ3) is 3.87. The highest BCUT2D eigenvalue weighted by atomic mass is 32.1. The standard InChI is InChI=1S/C18H25N3O2S/c1-13(10-16-4-9-24-12-16)20-5-7-21(8-6-20)18(22)11-17-14(2)19-23-15(17)3/h4,9,12-13H,5-8,10-11H2,1-3H3/t13-/m1/s1. The van der Waals surface area contributed by atoms with Gasteiger partial charge in [-0.3, -0.25) is 9.69 Å². The first-order chi connectivity index (χ1) is 11.5. The number of rotatable bonds is 5. The van der Waals surface area contributed by atoms with Gasteiger partial charge >= 0.3 is 0 Å². The first-order valence-electron chi connectivity index (χ1n) is 8.49. The maximum Gasteiger partial charge on any atom is 0.227 e. The summed E-state index contributed by atoms with van der Waals surface area (Å²) in [5.41, 5.74) is 3.17. The minimum absolute atomic E-state index is 0.175. The van der Waals surface area contributed by atoms with Crippen molar-refractivity contribution in [2.24, 2.45) is 0 Å². The smallest absolute Gasteiger partial charge is 0.227 e. The lowest BCUT2D eigenvalue weighted by Gasteiger charge is -2.38. The molecule has 0 aromatic carbocycles. The monoisotopic (exact) mass is 347 g/mol. The average Bonchev–Trinajstić information content (AvgIpc) is 3.20. The summed E-state index contributed by atoms with van der Waals surface area (Å²) in [7, 11) is 0. The number of carbonyl (C=O) groups excluding carboxylic acids is 1. The average molecular weight is 347 g/mol. The molecular weight excluding hydrogens is 322 g/mol. The molecule has 2 aromatic rings. The molecule has 1 aliphatic heterocycles. The molecule has 0 radical (unpaired) electrons. The van der Waals surface area contributed by atoms with Crippen LogP contribution in [-0.2, 0) is 17.6 Å². The lowest BCUT2D eigenvalue weighted by atomic mass is 10.1.